The lowest BCUT2D eigenvalue weighted by Crippen LogP contribution is -2.37. The van der Waals surface area contributed by atoms with Gasteiger partial charge in [-0.25, -0.2) is 15.0 Å². The highest BCUT2D eigenvalue weighted by atomic mass is 16.5. The van der Waals surface area contributed by atoms with Crippen LogP contribution in [0.15, 0.2) is 48.9 Å². The minimum Gasteiger partial charge on any atom is -0.496 e. The SMILES string of the molecule is CNC(=O)c1ccc(CCNc2cc(-c3ccc(N4CCC4)nc3)ncn2)c(OC)c1. The second-order valence-corrected chi connectivity index (χ2v) is 7.32. The quantitative estimate of drug-likeness (QED) is 0.581. The van der Waals surface area contributed by atoms with Crippen LogP contribution in [0.1, 0.15) is 22.3 Å². The van der Waals surface area contributed by atoms with Crippen molar-refractivity contribution in [2.75, 3.05) is 44.0 Å². The zero-order valence-corrected chi connectivity index (χ0v) is 17.8. The molecule has 1 aliphatic heterocycles. The van der Waals surface area contributed by atoms with Crippen molar-refractivity contribution in [2.24, 2.45) is 0 Å². The number of rotatable bonds is 8. The van der Waals surface area contributed by atoms with Crippen molar-refractivity contribution in [3.8, 4) is 17.0 Å². The number of amides is 1. The first-order chi connectivity index (χ1) is 15.2. The second-order valence-electron chi connectivity index (χ2n) is 7.32. The van der Waals surface area contributed by atoms with Gasteiger partial charge in [0.05, 0.1) is 12.8 Å². The van der Waals surface area contributed by atoms with E-state index in [2.05, 4.69) is 30.5 Å². The number of pyridine rings is 1. The molecule has 0 saturated carbocycles. The lowest BCUT2D eigenvalue weighted by molar-refractivity contribution is 0.0962. The molecule has 0 aliphatic carbocycles. The Kier molecular flexibility index (Phi) is 6.26. The van der Waals surface area contributed by atoms with Crippen molar-refractivity contribution < 1.29 is 9.53 Å². The largest absolute Gasteiger partial charge is 0.496 e. The fourth-order valence-electron chi connectivity index (χ4n) is 3.44. The third-order valence-electron chi connectivity index (χ3n) is 5.37. The summed E-state index contributed by atoms with van der Waals surface area (Å²) < 4.78 is 5.46. The van der Waals surface area contributed by atoms with Gasteiger partial charge in [-0.1, -0.05) is 6.07 Å². The molecule has 1 saturated heterocycles. The Balaban J connectivity index is 1.39. The fraction of sp³-hybridized carbons (Fsp3) is 0.304. The van der Waals surface area contributed by atoms with Crippen molar-refractivity contribution in [1.82, 2.24) is 20.3 Å². The van der Waals surface area contributed by atoms with Gasteiger partial charge < -0.3 is 20.3 Å². The zero-order chi connectivity index (χ0) is 21.6. The van der Waals surface area contributed by atoms with Gasteiger partial charge in [0.15, 0.2) is 0 Å². The van der Waals surface area contributed by atoms with Gasteiger partial charge >= 0.3 is 0 Å². The normalized spacial score (nSPS) is 12.8. The molecule has 8 heteroatoms. The average molecular weight is 419 g/mol. The second kappa shape index (κ2) is 9.42. The Hall–Kier alpha value is -3.68. The summed E-state index contributed by atoms with van der Waals surface area (Å²) in [7, 11) is 3.22. The van der Waals surface area contributed by atoms with Gasteiger partial charge in [-0.15, -0.1) is 0 Å². The summed E-state index contributed by atoms with van der Waals surface area (Å²) in [6.07, 6.45) is 5.37. The molecule has 0 spiro atoms. The van der Waals surface area contributed by atoms with E-state index < -0.39 is 0 Å². The van der Waals surface area contributed by atoms with Crippen molar-refractivity contribution in [1.29, 1.82) is 0 Å². The molecule has 1 fully saturated rings. The summed E-state index contributed by atoms with van der Waals surface area (Å²) in [5.41, 5.74) is 3.38. The molecular weight excluding hydrogens is 392 g/mol. The molecule has 0 bridgehead atoms. The number of nitrogens with one attached hydrogen (secondary N) is 2. The zero-order valence-electron chi connectivity index (χ0n) is 17.8. The van der Waals surface area contributed by atoms with Crippen LogP contribution in [0.3, 0.4) is 0 Å². The van der Waals surface area contributed by atoms with Crippen LogP contribution in [0, 0.1) is 0 Å². The van der Waals surface area contributed by atoms with Crippen molar-refractivity contribution >= 4 is 17.5 Å². The van der Waals surface area contributed by atoms with Crippen molar-refractivity contribution in [3.05, 3.63) is 60.0 Å². The van der Waals surface area contributed by atoms with E-state index in [0.29, 0.717) is 17.9 Å². The number of methoxy groups -OCH3 is 1. The monoisotopic (exact) mass is 418 g/mol. The van der Waals surface area contributed by atoms with Crippen molar-refractivity contribution in [3.63, 3.8) is 0 Å². The smallest absolute Gasteiger partial charge is 0.251 e. The Morgan fingerprint density at radius 3 is 2.68 bits per heavy atom. The third-order valence-corrected chi connectivity index (χ3v) is 5.37. The number of hydrogen-bond acceptors (Lipinski definition) is 7. The van der Waals surface area contributed by atoms with E-state index in [1.165, 1.54) is 6.42 Å². The average Bonchev–Trinajstić information content (AvgIpc) is 2.78. The Morgan fingerprint density at radius 1 is 1.13 bits per heavy atom. The third kappa shape index (κ3) is 4.74. The minimum absolute atomic E-state index is 0.135. The van der Waals surface area contributed by atoms with E-state index in [0.717, 1.165) is 48.0 Å². The summed E-state index contributed by atoms with van der Waals surface area (Å²) >= 11 is 0. The highest BCUT2D eigenvalue weighted by molar-refractivity contribution is 5.94. The molecule has 160 valence electrons. The number of nitrogens with zero attached hydrogens (tertiary/aromatic N) is 4. The first-order valence-corrected chi connectivity index (χ1v) is 10.3. The van der Waals surface area contributed by atoms with E-state index >= 15 is 0 Å². The van der Waals surface area contributed by atoms with Crippen LogP contribution < -0.4 is 20.3 Å². The molecule has 0 atom stereocenters. The van der Waals surface area contributed by atoms with Gasteiger partial charge in [-0.3, -0.25) is 4.79 Å². The fourth-order valence-corrected chi connectivity index (χ4v) is 3.44. The van der Waals surface area contributed by atoms with Gasteiger partial charge in [-0.05, 0) is 42.7 Å². The molecule has 8 nitrogen and oxygen atoms in total. The number of benzene rings is 1. The molecule has 2 aromatic heterocycles. The topological polar surface area (TPSA) is 92.3 Å². The number of aromatic nitrogens is 3. The van der Waals surface area contributed by atoms with Crippen LogP contribution in [0.2, 0.25) is 0 Å². The summed E-state index contributed by atoms with van der Waals surface area (Å²) in [5, 5.41) is 5.96. The van der Waals surface area contributed by atoms with Gasteiger partial charge in [0.1, 0.15) is 23.7 Å². The van der Waals surface area contributed by atoms with E-state index in [-0.39, 0.29) is 5.91 Å². The number of hydrogen-bond donors (Lipinski definition) is 2. The van der Waals surface area contributed by atoms with E-state index in [4.69, 9.17) is 4.74 Å². The highest BCUT2D eigenvalue weighted by Crippen LogP contribution is 2.24. The predicted molar refractivity (Wildman–Crippen MR) is 121 cm³/mol. The summed E-state index contributed by atoms with van der Waals surface area (Å²) in [6.45, 7) is 2.82. The van der Waals surface area contributed by atoms with Crippen LogP contribution in [-0.4, -0.2) is 54.7 Å². The predicted octanol–water partition coefficient (Wildman–Crippen LogP) is 2.77. The van der Waals surface area contributed by atoms with Gasteiger partial charge in [-0.2, -0.15) is 0 Å². The molecule has 1 aliphatic rings. The molecule has 2 N–H and O–H groups in total. The van der Waals surface area contributed by atoms with Crippen LogP contribution in [-0.2, 0) is 6.42 Å². The van der Waals surface area contributed by atoms with Crippen LogP contribution in [0.5, 0.6) is 5.75 Å². The Bertz CT molecular complexity index is 1050. The Labute approximate surface area is 181 Å². The van der Waals surface area contributed by atoms with Gasteiger partial charge in [0.25, 0.3) is 5.91 Å². The van der Waals surface area contributed by atoms with Crippen LogP contribution >= 0.6 is 0 Å². The Morgan fingerprint density at radius 2 is 2.00 bits per heavy atom. The van der Waals surface area contributed by atoms with Gasteiger partial charge in [0.2, 0.25) is 0 Å². The maximum Gasteiger partial charge on any atom is 0.251 e. The first kappa shape index (κ1) is 20.6. The summed E-state index contributed by atoms with van der Waals surface area (Å²) in [6, 6.07) is 11.5. The standard InChI is InChI=1S/C23H26N6O2/c1-24-23(30)17-5-4-16(20(12-17)31-2)8-9-25-21-13-19(27-15-28-21)18-6-7-22(26-14-18)29-10-3-11-29/h4-7,12-15H,3,8-11H2,1-2H3,(H,24,30)(H,25,27,28). The number of ether oxygens (including phenoxy) is 1. The maximum atomic E-state index is 11.8. The summed E-state index contributed by atoms with van der Waals surface area (Å²) in [4.78, 5) is 27.3. The van der Waals surface area contributed by atoms with E-state index in [1.807, 2.05) is 30.5 Å². The van der Waals surface area contributed by atoms with E-state index in [1.54, 1.807) is 32.6 Å². The molecular formula is C23H26N6O2. The number of carbonyl (C=O) groups is 1. The molecule has 3 aromatic rings. The molecule has 0 radical (unpaired) electrons. The maximum absolute atomic E-state index is 11.8. The molecule has 1 aromatic carbocycles. The minimum atomic E-state index is -0.135. The lowest BCUT2D eigenvalue weighted by Gasteiger charge is -2.31. The lowest BCUT2D eigenvalue weighted by atomic mass is 10.1. The van der Waals surface area contributed by atoms with Crippen LogP contribution in [0.25, 0.3) is 11.3 Å². The van der Waals surface area contributed by atoms with E-state index in [9.17, 15) is 4.79 Å². The molecule has 0 unspecified atom stereocenters. The summed E-state index contributed by atoms with van der Waals surface area (Å²) in [5.74, 6) is 2.32. The molecule has 1 amide bonds. The first-order valence-electron chi connectivity index (χ1n) is 10.3. The molecule has 4 rings (SSSR count). The van der Waals surface area contributed by atoms with Gasteiger partial charge in [0, 0.05) is 50.1 Å². The number of carbonyl (C=O) groups excluding carboxylic acids is 1. The number of anilines is 2. The highest BCUT2D eigenvalue weighted by Gasteiger charge is 2.15. The molecule has 31 heavy (non-hydrogen) atoms. The van der Waals surface area contributed by atoms with Crippen molar-refractivity contribution in [2.45, 2.75) is 12.8 Å². The molecule has 3 heterocycles. The van der Waals surface area contributed by atoms with Crippen LogP contribution in [0.4, 0.5) is 11.6 Å².